The van der Waals surface area contributed by atoms with E-state index in [1.54, 1.807) is 0 Å². The van der Waals surface area contributed by atoms with E-state index in [-0.39, 0.29) is 28.1 Å². The molecule has 0 N–H and O–H groups in total. The highest BCUT2D eigenvalue weighted by molar-refractivity contribution is 5.09. The molecule has 3 spiro atoms. The maximum Gasteiger partial charge on any atom is 0.358 e. The molecular formula is C25H50N4+2. The van der Waals surface area contributed by atoms with Crippen molar-refractivity contribution in [1.82, 2.24) is 9.80 Å². The zero-order chi connectivity index (χ0) is 21.7. The van der Waals surface area contributed by atoms with Crippen molar-refractivity contribution in [2.45, 2.75) is 123 Å². The molecule has 4 aliphatic rings. The molecule has 4 fully saturated rings. The molecule has 4 nitrogen and oxygen atoms in total. The van der Waals surface area contributed by atoms with E-state index in [0.717, 1.165) is 0 Å². The van der Waals surface area contributed by atoms with Gasteiger partial charge in [0.2, 0.25) is 0 Å². The fraction of sp³-hybridized carbons (Fsp3) is 1.00. The summed E-state index contributed by atoms with van der Waals surface area (Å²) < 4.78 is 2.59. The molecule has 1 atom stereocenters. The normalized spacial score (nSPS) is 36.2. The number of hydrogen-bond acceptors (Lipinski definition) is 2. The molecule has 0 bridgehead atoms. The minimum absolute atomic E-state index is 0.0521. The lowest BCUT2D eigenvalue weighted by molar-refractivity contribution is -1.18. The highest BCUT2D eigenvalue weighted by atomic mass is 15.9. The van der Waals surface area contributed by atoms with Crippen LogP contribution < -0.4 is 0 Å². The molecule has 1 unspecified atom stereocenters. The van der Waals surface area contributed by atoms with Gasteiger partial charge >= 0.3 is 5.91 Å². The van der Waals surface area contributed by atoms with Crippen LogP contribution in [0.1, 0.15) is 94.9 Å². The SMILES string of the molecule is CC(C)(C)N1CC(C)(C)[N+]2(CCCC2)C12N(C(C)(C)C)C(C)(C)C[N+]21CCCC1. The molecule has 4 saturated heterocycles. The van der Waals surface area contributed by atoms with Gasteiger partial charge in [0.25, 0.3) is 0 Å². The average molecular weight is 407 g/mol. The summed E-state index contributed by atoms with van der Waals surface area (Å²) in [7, 11) is 0. The van der Waals surface area contributed by atoms with Gasteiger partial charge in [0, 0.05) is 36.8 Å². The summed E-state index contributed by atoms with van der Waals surface area (Å²) in [5, 5.41) is 0. The van der Waals surface area contributed by atoms with Gasteiger partial charge in [-0.2, -0.15) is 9.80 Å². The molecule has 0 aromatic heterocycles. The predicted octanol–water partition coefficient (Wildman–Crippen LogP) is 4.60. The van der Waals surface area contributed by atoms with E-state index in [4.69, 9.17) is 0 Å². The maximum atomic E-state index is 3.06. The minimum Gasteiger partial charge on any atom is -0.241 e. The van der Waals surface area contributed by atoms with Gasteiger partial charge in [-0.15, -0.1) is 0 Å². The zero-order valence-corrected chi connectivity index (χ0v) is 21.4. The van der Waals surface area contributed by atoms with E-state index < -0.39 is 0 Å². The summed E-state index contributed by atoms with van der Waals surface area (Å²) in [5.74, 6) is 0.0521. The highest BCUT2D eigenvalue weighted by Crippen LogP contribution is 2.63. The second kappa shape index (κ2) is 5.99. The van der Waals surface area contributed by atoms with E-state index in [1.165, 1.54) is 73.9 Å². The number of rotatable bonds is 0. The lowest BCUT2D eigenvalue weighted by Gasteiger charge is -2.62. The Balaban J connectivity index is 2.12. The van der Waals surface area contributed by atoms with Crippen LogP contribution >= 0.6 is 0 Å². The lowest BCUT2D eigenvalue weighted by atomic mass is 9.94. The molecule has 0 aromatic carbocycles. The van der Waals surface area contributed by atoms with Crippen LogP contribution in [0.4, 0.5) is 0 Å². The number of hydrogen-bond donors (Lipinski definition) is 0. The molecule has 4 heterocycles. The van der Waals surface area contributed by atoms with Crippen molar-refractivity contribution in [3.8, 4) is 0 Å². The van der Waals surface area contributed by atoms with Gasteiger partial charge in [-0.25, -0.2) is 8.97 Å². The Bertz CT molecular complexity index is 653. The van der Waals surface area contributed by atoms with E-state index in [0.29, 0.717) is 0 Å². The summed E-state index contributed by atoms with van der Waals surface area (Å²) in [6.07, 6.45) is 5.57. The van der Waals surface area contributed by atoms with Crippen LogP contribution in [-0.2, 0) is 0 Å². The minimum atomic E-state index is 0.0521. The zero-order valence-electron chi connectivity index (χ0n) is 21.4. The summed E-state index contributed by atoms with van der Waals surface area (Å²) in [4.78, 5) is 6.08. The Labute approximate surface area is 181 Å². The number of quaternary nitrogens is 2. The molecule has 4 aliphatic heterocycles. The van der Waals surface area contributed by atoms with E-state index in [2.05, 4.69) is 79.0 Å². The Morgan fingerprint density at radius 3 is 1.62 bits per heavy atom. The summed E-state index contributed by atoms with van der Waals surface area (Å²) in [6, 6.07) is 0. The monoisotopic (exact) mass is 406 g/mol. The molecule has 0 radical (unpaired) electrons. The van der Waals surface area contributed by atoms with Crippen LogP contribution in [-0.4, -0.2) is 86.1 Å². The third kappa shape index (κ3) is 2.52. The molecule has 0 amide bonds. The third-order valence-electron chi connectivity index (χ3n) is 9.10. The first-order valence-electron chi connectivity index (χ1n) is 12.4. The molecular weight excluding hydrogens is 356 g/mol. The number of fused-ring (bicyclic) bond motifs is 2. The summed E-state index contributed by atoms with van der Waals surface area (Å²) >= 11 is 0. The lowest BCUT2D eigenvalue weighted by Crippen LogP contribution is -2.87. The van der Waals surface area contributed by atoms with Crippen molar-refractivity contribution >= 4 is 0 Å². The van der Waals surface area contributed by atoms with Gasteiger partial charge in [-0.3, -0.25) is 0 Å². The molecule has 29 heavy (non-hydrogen) atoms. The van der Waals surface area contributed by atoms with Gasteiger partial charge in [0.15, 0.2) is 0 Å². The molecule has 4 rings (SSSR count). The van der Waals surface area contributed by atoms with Crippen LogP contribution in [0.25, 0.3) is 0 Å². The molecule has 0 aliphatic carbocycles. The van der Waals surface area contributed by atoms with Crippen molar-refractivity contribution in [2.75, 3.05) is 39.3 Å². The van der Waals surface area contributed by atoms with Gasteiger partial charge < -0.3 is 0 Å². The average Bonchev–Trinajstić information content (AvgIpc) is 3.23. The van der Waals surface area contributed by atoms with Gasteiger partial charge in [-0.1, -0.05) is 0 Å². The quantitative estimate of drug-likeness (QED) is 0.542. The second-order valence-corrected chi connectivity index (χ2v) is 14.1. The maximum absolute atomic E-state index is 3.06. The van der Waals surface area contributed by atoms with Crippen LogP contribution in [0.2, 0.25) is 0 Å². The van der Waals surface area contributed by atoms with Crippen LogP contribution in [0.15, 0.2) is 0 Å². The molecule has 4 heteroatoms. The fourth-order valence-electron chi connectivity index (χ4n) is 9.00. The molecule has 168 valence electrons. The Hall–Kier alpha value is -0.160. The molecule has 0 aromatic rings. The standard InChI is InChI=1S/C25H50N4/c1-21(2,3)26-19-24(9,10)29(17-13-14-18-29)25(26)27(22(4,5)6)23(7,8)20-28(25)15-11-12-16-28/h11-20H2,1-10H3/q+2. The van der Waals surface area contributed by atoms with Crippen molar-refractivity contribution in [2.24, 2.45) is 0 Å². The summed E-state index contributed by atoms with van der Waals surface area (Å²) in [5.41, 5.74) is 0.757. The van der Waals surface area contributed by atoms with Crippen molar-refractivity contribution in [3.05, 3.63) is 0 Å². The van der Waals surface area contributed by atoms with Crippen LogP contribution in [0, 0.1) is 0 Å². The van der Waals surface area contributed by atoms with E-state index in [9.17, 15) is 0 Å². The smallest absolute Gasteiger partial charge is 0.241 e. The highest BCUT2D eigenvalue weighted by Gasteiger charge is 2.87. The second-order valence-electron chi connectivity index (χ2n) is 14.1. The van der Waals surface area contributed by atoms with Crippen molar-refractivity contribution < 1.29 is 8.97 Å². The topological polar surface area (TPSA) is 6.48 Å². The van der Waals surface area contributed by atoms with Crippen LogP contribution in [0.5, 0.6) is 0 Å². The summed E-state index contributed by atoms with van der Waals surface area (Å²) in [6.45, 7) is 33.2. The third-order valence-corrected chi connectivity index (χ3v) is 9.10. The predicted molar refractivity (Wildman–Crippen MR) is 122 cm³/mol. The van der Waals surface area contributed by atoms with Gasteiger partial charge in [-0.05, 0) is 69.2 Å². The van der Waals surface area contributed by atoms with E-state index in [1.807, 2.05) is 0 Å². The molecule has 0 saturated carbocycles. The van der Waals surface area contributed by atoms with Crippen LogP contribution in [0.3, 0.4) is 0 Å². The Morgan fingerprint density at radius 1 is 0.690 bits per heavy atom. The largest absolute Gasteiger partial charge is 0.358 e. The number of nitrogens with zero attached hydrogens (tertiary/aromatic N) is 4. The Kier molecular flexibility index (Phi) is 4.56. The van der Waals surface area contributed by atoms with Gasteiger partial charge in [0.1, 0.15) is 12.1 Å². The first-order chi connectivity index (χ1) is 13.1. The van der Waals surface area contributed by atoms with Gasteiger partial charge in [0.05, 0.1) is 38.3 Å². The fourth-order valence-corrected chi connectivity index (χ4v) is 9.00. The first kappa shape index (κ1) is 22.0. The van der Waals surface area contributed by atoms with Crippen molar-refractivity contribution in [1.29, 1.82) is 0 Å². The Morgan fingerprint density at radius 2 is 1.17 bits per heavy atom. The van der Waals surface area contributed by atoms with Crippen molar-refractivity contribution in [3.63, 3.8) is 0 Å². The first-order valence-corrected chi connectivity index (χ1v) is 12.4. The van der Waals surface area contributed by atoms with E-state index >= 15 is 0 Å².